The molecule has 0 radical (unpaired) electrons. The van der Waals surface area contributed by atoms with Crippen LogP contribution in [0, 0.1) is 5.41 Å². The van der Waals surface area contributed by atoms with Gasteiger partial charge in [-0.1, -0.05) is 50.3 Å². The standard InChI is InChI=1S/C16H24N2O/c1-5-12-16(3,4)14(18-15(19)17-6-2)13-10-8-7-9-11-13/h5,7-11,14H,1,6,12H2,2-4H3,(H2,17,18,19). The minimum Gasteiger partial charge on any atom is -0.338 e. The molecule has 0 saturated carbocycles. The number of hydrogen-bond donors (Lipinski definition) is 2. The van der Waals surface area contributed by atoms with Crippen molar-refractivity contribution in [3.63, 3.8) is 0 Å². The lowest BCUT2D eigenvalue weighted by molar-refractivity contribution is 0.212. The first-order valence-corrected chi connectivity index (χ1v) is 6.71. The fourth-order valence-electron chi connectivity index (χ4n) is 2.21. The molecule has 0 spiro atoms. The van der Waals surface area contributed by atoms with Crippen LogP contribution in [0.15, 0.2) is 43.0 Å². The van der Waals surface area contributed by atoms with Crippen molar-refractivity contribution in [3.05, 3.63) is 48.6 Å². The van der Waals surface area contributed by atoms with Gasteiger partial charge < -0.3 is 10.6 Å². The van der Waals surface area contributed by atoms with Crippen molar-refractivity contribution >= 4 is 6.03 Å². The summed E-state index contributed by atoms with van der Waals surface area (Å²) >= 11 is 0. The third kappa shape index (κ3) is 4.43. The van der Waals surface area contributed by atoms with Gasteiger partial charge in [0.15, 0.2) is 0 Å². The summed E-state index contributed by atoms with van der Waals surface area (Å²) in [5, 5.41) is 5.85. The zero-order valence-corrected chi connectivity index (χ0v) is 12.1. The van der Waals surface area contributed by atoms with Crippen LogP contribution in [0.1, 0.15) is 38.8 Å². The lowest BCUT2D eigenvalue weighted by Crippen LogP contribution is -2.43. The molecular formula is C16H24N2O. The highest BCUT2D eigenvalue weighted by atomic mass is 16.2. The van der Waals surface area contributed by atoms with Crippen molar-refractivity contribution in [1.82, 2.24) is 10.6 Å². The van der Waals surface area contributed by atoms with E-state index < -0.39 is 0 Å². The van der Waals surface area contributed by atoms with Crippen molar-refractivity contribution < 1.29 is 4.79 Å². The number of carbonyl (C=O) groups excluding carboxylic acids is 1. The molecule has 0 aliphatic carbocycles. The number of rotatable bonds is 6. The van der Waals surface area contributed by atoms with E-state index in [2.05, 4.69) is 31.1 Å². The molecule has 19 heavy (non-hydrogen) atoms. The molecular weight excluding hydrogens is 236 g/mol. The Kier molecular flexibility index (Phi) is 5.61. The van der Waals surface area contributed by atoms with Gasteiger partial charge in [0.25, 0.3) is 0 Å². The number of amides is 2. The first-order chi connectivity index (χ1) is 9.01. The molecule has 2 amide bonds. The molecule has 2 N–H and O–H groups in total. The normalized spacial score (nSPS) is 12.6. The summed E-state index contributed by atoms with van der Waals surface area (Å²) in [7, 11) is 0. The molecule has 0 bridgehead atoms. The van der Waals surface area contributed by atoms with E-state index in [0.29, 0.717) is 6.54 Å². The molecule has 0 aliphatic heterocycles. The van der Waals surface area contributed by atoms with E-state index in [1.807, 2.05) is 43.3 Å². The Morgan fingerprint density at radius 2 is 2.00 bits per heavy atom. The molecule has 0 saturated heterocycles. The molecule has 1 unspecified atom stereocenters. The van der Waals surface area contributed by atoms with Crippen LogP contribution in [-0.4, -0.2) is 12.6 Å². The first kappa shape index (κ1) is 15.3. The monoisotopic (exact) mass is 260 g/mol. The van der Waals surface area contributed by atoms with Gasteiger partial charge in [-0.05, 0) is 24.3 Å². The smallest absolute Gasteiger partial charge is 0.315 e. The molecule has 104 valence electrons. The maximum atomic E-state index is 11.8. The summed E-state index contributed by atoms with van der Waals surface area (Å²) in [5.41, 5.74) is 1.02. The zero-order chi connectivity index (χ0) is 14.3. The van der Waals surface area contributed by atoms with Crippen LogP contribution in [0.2, 0.25) is 0 Å². The second kappa shape index (κ2) is 6.98. The molecule has 1 aromatic rings. The molecule has 3 heteroatoms. The van der Waals surface area contributed by atoms with E-state index >= 15 is 0 Å². The predicted octanol–water partition coefficient (Wildman–Crippen LogP) is 3.65. The number of nitrogens with one attached hydrogen (secondary N) is 2. The zero-order valence-electron chi connectivity index (χ0n) is 12.1. The number of urea groups is 1. The fourth-order valence-corrected chi connectivity index (χ4v) is 2.21. The van der Waals surface area contributed by atoms with E-state index in [1.54, 1.807) is 0 Å². The Labute approximate surface area is 116 Å². The SMILES string of the molecule is C=CCC(C)(C)C(NC(=O)NCC)c1ccccc1. The molecule has 0 heterocycles. The lowest BCUT2D eigenvalue weighted by atomic mass is 9.78. The second-order valence-electron chi connectivity index (χ2n) is 5.33. The Balaban J connectivity index is 2.97. The summed E-state index contributed by atoms with van der Waals surface area (Å²) in [6.07, 6.45) is 2.73. The van der Waals surface area contributed by atoms with Crippen molar-refractivity contribution in [2.45, 2.75) is 33.2 Å². The Hall–Kier alpha value is -1.77. The maximum Gasteiger partial charge on any atom is 0.315 e. The van der Waals surface area contributed by atoms with Crippen molar-refractivity contribution in [3.8, 4) is 0 Å². The minimum absolute atomic E-state index is 0.0433. The van der Waals surface area contributed by atoms with Gasteiger partial charge in [0.05, 0.1) is 6.04 Å². The van der Waals surface area contributed by atoms with Crippen molar-refractivity contribution in [2.24, 2.45) is 5.41 Å². The van der Waals surface area contributed by atoms with Gasteiger partial charge in [-0.15, -0.1) is 6.58 Å². The number of carbonyl (C=O) groups is 1. The average Bonchev–Trinajstić information content (AvgIpc) is 2.37. The molecule has 1 rings (SSSR count). The van der Waals surface area contributed by atoms with Gasteiger partial charge in [-0.25, -0.2) is 4.79 Å². The third-order valence-electron chi connectivity index (χ3n) is 3.20. The van der Waals surface area contributed by atoms with E-state index in [-0.39, 0.29) is 17.5 Å². The second-order valence-corrected chi connectivity index (χ2v) is 5.33. The minimum atomic E-state index is -0.131. The largest absolute Gasteiger partial charge is 0.338 e. The van der Waals surface area contributed by atoms with Gasteiger partial charge in [-0.2, -0.15) is 0 Å². The highest BCUT2D eigenvalue weighted by Gasteiger charge is 2.30. The number of benzene rings is 1. The fraction of sp³-hybridized carbons (Fsp3) is 0.438. The molecule has 1 aromatic carbocycles. The van der Waals surface area contributed by atoms with E-state index in [9.17, 15) is 4.79 Å². The van der Waals surface area contributed by atoms with Crippen molar-refractivity contribution in [1.29, 1.82) is 0 Å². The highest BCUT2D eigenvalue weighted by molar-refractivity contribution is 5.74. The first-order valence-electron chi connectivity index (χ1n) is 6.71. The molecule has 0 aromatic heterocycles. The molecule has 0 fully saturated rings. The number of hydrogen-bond acceptors (Lipinski definition) is 1. The predicted molar refractivity (Wildman–Crippen MR) is 80.0 cm³/mol. The van der Waals surface area contributed by atoms with E-state index in [4.69, 9.17) is 0 Å². The Morgan fingerprint density at radius 1 is 1.37 bits per heavy atom. The van der Waals surface area contributed by atoms with Crippen LogP contribution < -0.4 is 10.6 Å². The molecule has 1 atom stereocenters. The van der Waals surface area contributed by atoms with Crippen molar-refractivity contribution in [2.75, 3.05) is 6.54 Å². The quantitative estimate of drug-likeness (QED) is 0.753. The highest BCUT2D eigenvalue weighted by Crippen LogP contribution is 2.36. The van der Waals surface area contributed by atoms with Crippen LogP contribution in [0.25, 0.3) is 0 Å². The summed E-state index contributed by atoms with van der Waals surface area (Å²) in [5.74, 6) is 0. The van der Waals surface area contributed by atoms with E-state index in [0.717, 1.165) is 12.0 Å². The van der Waals surface area contributed by atoms with Crippen LogP contribution in [0.3, 0.4) is 0 Å². The van der Waals surface area contributed by atoms with Crippen LogP contribution >= 0.6 is 0 Å². The maximum absolute atomic E-state index is 11.8. The van der Waals surface area contributed by atoms with Crippen LogP contribution in [0.5, 0.6) is 0 Å². The van der Waals surface area contributed by atoms with Gasteiger partial charge in [-0.3, -0.25) is 0 Å². The summed E-state index contributed by atoms with van der Waals surface area (Å²) in [6.45, 7) is 10.6. The van der Waals surface area contributed by atoms with Gasteiger partial charge in [0.1, 0.15) is 0 Å². The molecule has 3 nitrogen and oxygen atoms in total. The Bertz CT molecular complexity index is 412. The summed E-state index contributed by atoms with van der Waals surface area (Å²) in [4.78, 5) is 11.8. The Morgan fingerprint density at radius 3 is 2.53 bits per heavy atom. The van der Waals surface area contributed by atoms with Crippen LogP contribution in [0.4, 0.5) is 4.79 Å². The third-order valence-corrected chi connectivity index (χ3v) is 3.20. The lowest BCUT2D eigenvalue weighted by Gasteiger charge is -2.34. The summed E-state index contributed by atoms with van der Waals surface area (Å²) < 4.78 is 0. The number of allylic oxidation sites excluding steroid dienone is 1. The van der Waals surface area contributed by atoms with Gasteiger partial charge in [0.2, 0.25) is 0 Å². The van der Waals surface area contributed by atoms with E-state index in [1.165, 1.54) is 0 Å². The molecule has 0 aliphatic rings. The average molecular weight is 260 g/mol. The van der Waals surface area contributed by atoms with Crippen LogP contribution in [-0.2, 0) is 0 Å². The topological polar surface area (TPSA) is 41.1 Å². The summed E-state index contributed by atoms with van der Waals surface area (Å²) in [6, 6.07) is 9.88. The van der Waals surface area contributed by atoms with Gasteiger partial charge in [0, 0.05) is 6.54 Å². The van der Waals surface area contributed by atoms with Gasteiger partial charge >= 0.3 is 6.03 Å².